The predicted octanol–water partition coefficient (Wildman–Crippen LogP) is 4.08. The summed E-state index contributed by atoms with van der Waals surface area (Å²) in [5.41, 5.74) is 2.04. The molecule has 2 aromatic heterocycles. The summed E-state index contributed by atoms with van der Waals surface area (Å²) in [6.07, 6.45) is 0. The molecule has 1 aliphatic rings. The highest BCUT2D eigenvalue weighted by molar-refractivity contribution is 6.30. The number of nitrogens with zero attached hydrogens (tertiary/aromatic N) is 2. The Labute approximate surface area is 154 Å². The number of hydrogen-bond donors (Lipinski definition) is 1. The van der Waals surface area contributed by atoms with Gasteiger partial charge in [0.05, 0.1) is 19.3 Å². The first kappa shape index (κ1) is 16.4. The Balaban J connectivity index is 1.68. The van der Waals surface area contributed by atoms with Gasteiger partial charge in [-0.1, -0.05) is 35.3 Å². The lowest BCUT2D eigenvalue weighted by Gasteiger charge is -2.35. The molecule has 0 aliphatic carbocycles. The number of fused-ring (bicyclic) bond motifs is 1. The van der Waals surface area contributed by atoms with Crippen LogP contribution in [0.15, 0.2) is 42.5 Å². The molecule has 1 amide bonds. The molecule has 25 heavy (non-hydrogen) atoms. The van der Waals surface area contributed by atoms with Crippen LogP contribution in [0.1, 0.15) is 22.1 Å². The SMILES string of the molecule is O=C(c1cc2ccc(Cl)nc2[nH]1)N1CCOC[C@@H]1c1cccc(Cl)c1. The van der Waals surface area contributed by atoms with E-state index in [2.05, 4.69) is 9.97 Å². The van der Waals surface area contributed by atoms with Crippen LogP contribution in [-0.4, -0.2) is 40.5 Å². The third-order valence-corrected chi connectivity index (χ3v) is 4.74. The Hall–Kier alpha value is -2.08. The molecule has 1 aliphatic heterocycles. The largest absolute Gasteiger partial charge is 0.377 e. The molecule has 0 spiro atoms. The first-order valence-corrected chi connectivity index (χ1v) is 8.67. The van der Waals surface area contributed by atoms with Gasteiger partial charge in [-0.25, -0.2) is 4.98 Å². The molecular weight excluding hydrogens is 361 g/mol. The maximum Gasteiger partial charge on any atom is 0.271 e. The second kappa shape index (κ2) is 6.67. The molecule has 0 bridgehead atoms. The van der Waals surface area contributed by atoms with Crippen molar-refractivity contribution in [2.45, 2.75) is 6.04 Å². The van der Waals surface area contributed by atoms with Gasteiger partial charge in [0.2, 0.25) is 0 Å². The topological polar surface area (TPSA) is 58.2 Å². The molecular formula is C18H15Cl2N3O2. The molecule has 1 N–H and O–H groups in total. The van der Waals surface area contributed by atoms with E-state index < -0.39 is 0 Å². The van der Waals surface area contributed by atoms with Crippen LogP contribution in [0.2, 0.25) is 10.2 Å². The van der Waals surface area contributed by atoms with Crippen molar-refractivity contribution in [3.63, 3.8) is 0 Å². The summed E-state index contributed by atoms with van der Waals surface area (Å²) in [6, 6.07) is 12.7. The number of ether oxygens (including phenoxy) is 1. The van der Waals surface area contributed by atoms with Gasteiger partial charge in [-0.05, 0) is 35.9 Å². The Morgan fingerprint density at radius 2 is 2.12 bits per heavy atom. The van der Waals surface area contributed by atoms with E-state index in [1.54, 1.807) is 12.1 Å². The Morgan fingerprint density at radius 1 is 1.24 bits per heavy atom. The Bertz CT molecular complexity index is 941. The van der Waals surface area contributed by atoms with Crippen molar-refractivity contribution in [1.82, 2.24) is 14.9 Å². The van der Waals surface area contributed by atoms with Crippen LogP contribution >= 0.6 is 23.2 Å². The number of rotatable bonds is 2. The summed E-state index contributed by atoms with van der Waals surface area (Å²) < 4.78 is 5.59. The van der Waals surface area contributed by atoms with Crippen molar-refractivity contribution in [3.8, 4) is 0 Å². The van der Waals surface area contributed by atoms with E-state index >= 15 is 0 Å². The highest BCUT2D eigenvalue weighted by Gasteiger charge is 2.30. The van der Waals surface area contributed by atoms with Gasteiger partial charge in [0.1, 0.15) is 16.5 Å². The van der Waals surface area contributed by atoms with Crippen molar-refractivity contribution in [3.05, 3.63) is 63.9 Å². The minimum Gasteiger partial charge on any atom is -0.377 e. The standard InChI is InChI=1S/C18H15Cl2N3O2/c19-13-3-1-2-11(8-13)15-10-25-7-6-23(15)18(24)14-9-12-4-5-16(20)22-17(12)21-14/h1-5,8-9,15H,6-7,10H2,(H,21,22)/t15-/m1/s1. The fourth-order valence-corrected chi connectivity index (χ4v) is 3.43. The number of halogens is 2. The highest BCUT2D eigenvalue weighted by atomic mass is 35.5. The van der Waals surface area contributed by atoms with Crippen LogP contribution < -0.4 is 0 Å². The van der Waals surface area contributed by atoms with Gasteiger partial charge in [-0.2, -0.15) is 0 Å². The van der Waals surface area contributed by atoms with E-state index in [1.807, 2.05) is 35.2 Å². The third kappa shape index (κ3) is 3.23. The second-order valence-electron chi connectivity index (χ2n) is 5.90. The van der Waals surface area contributed by atoms with Gasteiger partial charge in [-0.3, -0.25) is 4.79 Å². The average molecular weight is 376 g/mol. The first-order valence-electron chi connectivity index (χ1n) is 7.91. The van der Waals surface area contributed by atoms with Gasteiger partial charge in [0.25, 0.3) is 5.91 Å². The number of carbonyl (C=O) groups is 1. The lowest BCUT2D eigenvalue weighted by molar-refractivity contribution is -0.00295. The quantitative estimate of drug-likeness (QED) is 0.686. The van der Waals surface area contributed by atoms with E-state index in [0.717, 1.165) is 10.9 Å². The Kier molecular flexibility index (Phi) is 4.37. The van der Waals surface area contributed by atoms with Crippen LogP contribution in [0, 0.1) is 0 Å². The second-order valence-corrected chi connectivity index (χ2v) is 6.72. The fourth-order valence-electron chi connectivity index (χ4n) is 3.09. The average Bonchev–Trinajstić information content (AvgIpc) is 3.04. The van der Waals surface area contributed by atoms with Crippen molar-refractivity contribution < 1.29 is 9.53 Å². The minimum atomic E-state index is -0.178. The number of carbonyl (C=O) groups excluding carboxylic acids is 1. The lowest BCUT2D eigenvalue weighted by Crippen LogP contribution is -2.43. The van der Waals surface area contributed by atoms with Gasteiger partial charge in [0.15, 0.2) is 0 Å². The number of hydrogen-bond acceptors (Lipinski definition) is 3. The molecule has 5 nitrogen and oxygen atoms in total. The third-order valence-electron chi connectivity index (χ3n) is 4.30. The first-order chi connectivity index (χ1) is 12.1. The van der Waals surface area contributed by atoms with E-state index in [9.17, 15) is 4.79 Å². The summed E-state index contributed by atoms with van der Waals surface area (Å²) in [5, 5.41) is 1.87. The van der Waals surface area contributed by atoms with Crippen LogP contribution in [0.5, 0.6) is 0 Å². The molecule has 1 fully saturated rings. The molecule has 1 atom stereocenters. The van der Waals surface area contributed by atoms with Crippen molar-refractivity contribution in [1.29, 1.82) is 0 Å². The number of morpholine rings is 1. The van der Waals surface area contributed by atoms with Gasteiger partial charge in [0, 0.05) is 17.0 Å². The van der Waals surface area contributed by atoms with Crippen LogP contribution in [0.25, 0.3) is 11.0 Å². The number of amides is 1. The maximum absolute atomic E-state index is 13.1. The van der Waals surface area contributed by atoms with Crippen molar-refractivity contribution in [2.75, 3.05) is 19.8 Å². The van der Waals surface area contributed by atoms with Crippen LogP contribution in [0.3, 0.4) is 0 Å². The number of aromatic amines is 1. The maximum atomic E-state index is 13.1. The summed E-state index contributed by atoms with van der Waals surface area (Å²) in [7, 11) is 0. The van der Waals surface area contributed by atoms with Crippen molar-refractivity contribution >= 4 is 40.1 Å². The molecule has 0 saturated carbocycles. The molecule has 0 unspecified atom stereocenters. The normalized spacial score (nSPS) is 17.8. The number of nitrogens with one attached hydrogen (secondary N) is 1. The molecule has 128 valence electrons. The van der Waals surface area contributed by atoms with Gasteiger partial charge in [-0.15, -0.1) is 0 Å². The van der Waals surface area contributed by atoms with E-state index in [1.165, 1.54) is 0 Å². The molecule has 1 aromatic carbocycles. The number of H-pyrrole nitrogens is 1. The summed E-state index contributed by atoms with van der Waals surface area (Å²) in [6.45, 7) is 1.46. The Morgan fingerprint density at radius 3 is 2.96 bits per heavy atom. The fraction of sp³-hybridized carbons (Fsp3) is 0.222. The number of benzene rings is 1. The van der Waals surface area contributed by atoms with Crippen LogP contribution in [0.4, 0.5) is 0 Å². The van der Waals surface area contributed by atoms with Crippen LogP contribution in [-0.2, 0) is 4.74 Å². The molecule has 0 radical (unpaired) electrons. The number of aromatic nitrogens is 2. The monoisotopic (exact) mass is 375 g/mol. The zero-order valence-electron chi connectivity index (χ0n) is 13.2. The van der Waals surface area contributed by atoms with Gasteiger partial charge >= 0.3 is 0 Å². The molecule has 4 rings (SSSR count). The molecule has 3 aromatic rings. The minimum absolute atomic E-state index is 0.0950. The highest BCUT2D eigenvalue weighted by Crippen LogP contribution is 2.28. The summed E-state index contributed by atoms with van der Waals surface area (Å²) in [5.74, 6) is -0.0950. The molecule has 1 saturated heterocycles. The zero-order valence-corrected chi connectivity index (χ0v) is 14.7. The van der Waals surface area contributed by atoms with E-state index in [4.69, 9.17) is 27.9 Å². The smallest absolute Gasteiger partial charge is 0.271 e. The molecule has 3 heterocycles. The van der Waals surface area contributed by atoms with E-state index in [0.29, 0.717) is 41.3 Å². The molecule has 7 heteroatoms. The lowest BCUT2D eigenvalue weighted by atomic mass is 10.0. The summed E-state index contributed by atoms with van der Waals surface area (Å²) in [4.78, 5) is 22.1. The number of pyridine rings is 1. The zero-order chi connectivity index (χ0) is 17.4. The summed E-state index contributed by atoms with van der Waals surface area (Å²) >= 11 is 12.0. The van der Waals surface area contributed by atoms with Gasteiger partial charge < -0.3 is 14.6 Å². The van der Waals surface area contributed by atoms with E-state index in [-0.39, 0.29) is 11.9 Å². The van der Waals surface area contributed by atoms with Crippen molar-refractivity contribution in [2.24, 2.45) is 0 Å². The predicted molar refractivity (Wildman–Crippen MR) is 97.2 cm³/mol.